The predicted molar refractivity (Wildman–Crippen MR) is 130 cm³/mol. The zero-order chi connectivity index (χ0) is 22.8. The van der Waals surface area contributed by atoms with Gasteiger partial charge in [-0.05, 0) is 93.7 Å². The van der Waals surface area contributed by atoms with E-state index in [1.165, 1.54) is 5.56 Å². The molecule has 4 rings (SSSR count). The van der Waals surface area contributed by atoms with Crippen LogP contribution in [0.1, 0.15) is 61.1 Å². The average Bonchev–Trinajstić information content (AvgIpc) is 2.77. The molecule has 5 heteroatoms. The molecule has 32 heavy (non-hydrogen) atoms. The minimum absolute atomic E-state index is 0.249. The Morgan fingerprint density at radius 3 is 2.31 bits per heavy atom. The van der Waals surface area contributed by atoms with Gasteiger partial charge in [-0.25, -0.2) is 0 Å². The molecular weight excluding hydrogens is 422 g/mol. The summed E-state index contributed by atoms with van der Waals surface area (Å²) in [4.78, 5) is 2.23. The number of piperidine rings is 1. The van der Waals surface area contributed by atoms with E-state index in [4.69, 9.17) is 16.3 Å². The third kappa shape index (κ3) is 5.66. The molecule has 1 aliphatic heterocycles. The van der Waals surface area contributed by atoms with Gasteiger partial charge in [0.15, 0.2) is 0 Å². The number of aryl methyl sites for hydroxylation is 2. The average molecular weight is 458 g/mol. The fourth-order valence-electron chi connectivity index (χ4n) is 5.45. The van der Waals surface area contributed by atoms with Gasteiger partial charge in [-0.2, -0.15) is 0 Å². The first-order valence-electron chi connectivity index (χ1n) is 11.9. The van der Waals surface area contributed by atoms with E-state index < -0.39 is 11.2 Å². The summed E-state index contributed by atoms with van der Waals surface area (Å²) in [6.07, 6.45) is 5.25. The van der Waals surface area contributed by atoms with Crippen molar-refractivity contribution < 1.29 is 14.9 Å². The number of β-amino-alcohol motifs (C(OH)–C–C–N with tert-alkyl or cyclic N) is 2. The molecule has 174 valence electrons. The Morgan fingerprint density at radius 1 is 1.00 bits per heavy atom. The summed E-state index contributed by atoms with van der Waals surface area (Å²) < 4.78 is 5.99. The van der Waals surface area contributed by atoms with Crippen molar-refractivity contribution in [2.24, 2.45) is 0 Å². The lowest BCUT2D eigenvalue weighted by Crippen LogP contribution is -2.55. The topological polar surface area (TPSA) is 52.9 Å². The van der Waals surface area contributed by atoms with Crippen LogP contribution in [0.25, 0.3) is 0 Å². The van der Waals surface area contributed by atoms with E-state index in [0.717, 1.165) is 60.5 Å². The maximum Gasteiger partial charge on any atom is 0.120 e. The summed E-state index contributed by atoms with van der Waals surface area (Å²) in [6.45, 7) is 6.24. The number of benzene rings is 2. The lowest BCUT2D eigenvalue weighted by Gasteiger charge is -2.44. The molecule has 2 aliphatic rings. The molecule has 1 aliphatic carbocycles. The second-order valence-corrected chi connectivity index (χ2v) is 10.5. The zero-order valence-corrected chi connectivity index (χ0v) is 20.1. The summed E-state index contributed by atoms with van der Waals surface area (Å²) in [6, 6.07) is 14.5. The molecule has 1 atom stereocenters. The molecule has 0 spiro atoms. The van der Waals surface area contributed by atoms with Crippen molar-refractivity contribution in [3.8, 4) is 5.75 Å². The second-order valence-electron chi connectivity index (χ2n) is 10.1. The maximum atomic E-state index is 11.3. The SMILES string of the molecule is Cc1cc(OCC2(O)CCCN(CC3(O)CCC(c4ccccc4)CC3)C2)cc(C)c1Cl. The summed E-state index contributed by atoms with van der Waals surface area (Å²) in [7, 11) is 0. The molecule has 4 nitrogen and oxygen atoms in total. The van der Waals surface area contributed by atoms with E-state index in [9.17, 15) is 10.2 Å². The monoisotopic (exact) mass is 457 g/mol. The van der Waals surface area contributed by atoms with Gasteiger partial charge in [-0.1, -0.05) is 41.9 Å². The number of hydrogen-bond acceptors (Lipinski definition) is 4. The van der Waals surface area contributed by atoms with Gasteiger partial charge < -0.3 is 14.9 Å². The normalized spacial score (nSPS) is 29.1. The van der Waals surface area contributed by atoms with Gasteiger partial charge in [-0.15, -0.1) is 0 Å². The van der Waals surface area contributed by atoms with E-state index in [2.05, 4.69) is 35.2 Å². The fourth-order valence-corrected chi connectivity index (χ4v) is 5.56. The molecule has 1 saturated heterocycles. The molecule has 2 fully saturated rings. The Labute approximate surface area is 197 Å². The van der Waals surface area contributed by atoms with Gasteiger partial charge in [0.25, 0.3) is 0 Å². The van der Waals surface area contributed by atoms with Gasteiger partial charge in [-0.3, -0.25) is 4.90 Å². The van der Waals surface area contributed by atoms with Crippen LogP contribution in [0.4, 0.5) is 0 Å². The first-order chi connectivity index (χ1) is 15.3. The molecule has 0 amide bonds. The molecule has 1 heterocycles. The smallest absolute Gasteiger partial charge is 0.120 e. The third-order valence-corrected chi connectivity index (χ3v) is 7.85. The predicted octanol–water partition coefficient (Wildman–Crippen LogP) is 5.25. The zero-order valence-electron chi connectivity index (χ0n) is 19.3. The minimum Gasteiger partial charge on any atom is -0.491 e. The highest BCUT2D eigenvalue weighted by atomic mass is 35.5. The van der Waals surface area contributed by atoms with Crippen LogP contribution in [0.3, 0.4) is 0 Å². The Morgan fingerprint density at radius 2 is 1.66 bits per heavy atom. The highest BCUT2D eigenvalue weighted by molar-refractivity contribution is 6.32. The maximum absolute atomic E-state index is 11.3. The third-order valence-electron chi connectivity index (χ3n) is 7.26. The number of aliphatic hydroxyl groups is 2. The van der Waals surface area contributed by atoms with Crippen molar-refractivity contribution in [2.75, 3.05) is 26.2 Å². The highest BCUT2D eigenvalue weighted by Gasteiger charge is 2.40. The van der Waals surface area contributed by atoms with Gasteiger partial charge in [0.05, 0.1) is 5.60 Å². The number of halogens is 1. The number of ether oxygens (including phenoxy) is 1. The van der Waals surface area contributed by atoms with Crippen LogP contribution in [0.5, 0.6) is 5.75 Å². The van der Waals surface area contributed by atoms with E-state index in [-0.39, 0.29) is 6.61 Å². The Balaban J connectivity index is 1.31. The molecule has 2 N–H and O–H groups in total. The van der Waals surface area contributed by atoms with Gasteiger partial charge in [0, 0.05) is 18.1 Å². The van der Waals surface area contributed by atoms with Crippen LogP contribution in [0, 0.1) is 13.8 Å². The quantitative estimate of drug-likeness (QED) is 0.621. The van der Waals surface area contributed by atoms with Crippen LogP contribution in [-0.2, 0) is 0 Å². The van der Waals surface area contributed by atoms with Crippen LogP contribution in [-0.4, -0.2) is 52.6 Å². The Kier molecular flexibility index (Phi) is 7.16. The minimum atomic E-state index is -0.905. The fraction of sp³-hybridized carbons (Fsp3) is 0.556. The van der Waals surface area contributed by atoms with Crippen LogP contribution in [0.2, 0.25) is 5.02 Å². The molecule has 2 aromatic carbocycles. The van der Waals surface area contributed by atoms with Crippen molar-refractivity contribution in [2.45, 2.75) is 69.5 Å². The highest BCUT2D eigenvalue weighted by Crippen LogP contribution is 2.39. The molecular formula is C27H36ClNO3. The van der Waals surface area contributed by atoms with E-state index >= 15 is 0 Å². The van der Waals surface area contributed by atoms with Gasteiger partial charge in [0.1, 0.15) is 18.0 Å². The van der Waals surface area contributed by atoms with Gasteiger partial charge in [0.2, 0.25) is 0 Å². The van der Waals surface area contributed by atoms with Crippen LogP contribution in [0.15, 0.2) is 42.5 Å². The first kappa shape index (κ1) is 23.6. The number of likely N-dealkylation sites (tertiary alicyclic amines) is 1. The number of hydrogen-bond donors (Lipinski definition) is 2. The van der Waals surface area contributed by atoms with Crippen molar-refractivity contribution in [3.63, 3.8) is 0 Å². The second kappa shape index (κ2) is 9.72. The standard InChI is InChI=1S/C27H36ClNO3/c1-20-15-24(16-21(2)25(20)28)32-19-27(31)11-6-14-29(18-27)17-26(30)12-9-23(10-13-26)22-7-4-3-5-8-22/h3-5,7-8,15-16,23,30-31H,6,9-14,17-19H2,1-2H3. The number of nitrogens with zero attached hydrogens (tertiary/aromatic N) is 1. The van der Waals surface area contributed by atoms with Crippen molar-refractivity contribution in [1.29, 1.82) is 0 Å². The molecule has 2 aromatic rings. The summed E-state index contributed by atoms with van der Waals surface area (Å²) in [5.74, 6) is 1.28. The van der Waals surface area contributed by atoms with Crippen molar-refractivity contribution in [3.05, 3.63) is 64.2 Å². The summed E-state index contributed by atoms with van der Waals surface area (Å²) in [5, 5.41) is 23.3. The molecule has 0 radical (unpaired) electrons. The molecule has 1 unspecified atom stereocenters. The van der Waals surface area contributed by atoms with E-state index in [1.54, 1.807) is 0 Å². The molecule has 1 saturated carbocycles. The van der Waals surface area contributed by atoms with Crippen LogP contribution >= 0.6 is 11.6 Å². The molecule has 0 bridgehead atoms. The molecule has 0 aromatic heterocycles. The van der Waals surface area contributed by atoms with Crippen molar-refractivity contribution in [1.82, 2.24) is 4.90 Å². The summed E-state index contributed by atoms with van der Waals surface area (Å²) >= 11 is 6.26. The van der Waals surface area contributed by atoms with E-state index in [1.807, 2.05) is 26.0 Å². The lowest BCUT2D eigenvalue weighted by atomic mass is 9.75. The number of rotatable bonds is 6. The Hall–Kier alpha value is -1.59. The lowest BCUT2D eigenvalue weighted by molar-refractivity contribution is -0.0898. The van der Waals surface area contributed by atoms with E-state index in [0.29, 0.717) is 25.4 Å². The van der Waals surface area contributed by atoms with Gasteiger partial charge >= 0.3 is 0 Å². The van der Waals surface area contributed by atoms with Crippen LogP contribution < -0.4 is 4.74 Å². The largest absolute Gasteiger partial charge is 0.491 e. The van der Waals surface area contributed by atoms with Crippen molar-refractivity contribution >= 4 is 11.6 Å². The first-order valence-corrected chi connectivity index (χ1v) is 12.2. The summed E-state index contributed by atoms with van der Waals surface area (Å²) in [5.41, 5.74) is 1.76. The Bertz CT molecular complexity index is 887.